The van der Waals surface area contributed by atoms with Gasteiger partial charge in [-0.3, -0.25) is 4.99 Å². The zero-order chi connectivity index (χ0) is 20.7. The van der Waals surface area contributed by atoms with Crippen LogP contribution >= 0.6 is 11.6 Å². The molecule has 0 aliphatic heterocycles. The molecule has 8 heteroatoms. The minimum absolute atomic E-state index is 0.0723. The maximum absolute atomic E-state index is 6.32. The molecule has 0 aliphatic carbocycles. The smallest absolute Gasteiger partial charge is 0.213 e. The van der Waals surface area contributed by atoms with Crippen molar-refractivity contribution in [3.63, 3.8) is 0 Å². The van der Waals surface area contributed by atoms with Gasteiger partial charge in [0.1, 0.15) is 5.76 Å². The van der Waals surface area contributed by atoms with Crippen molar-refractivity contribution in [1.82, 2.24) is 15.6 Å². The van der Waals surface area contributed by atoms with E-state index in [1.165, 1.54) is 0 Å². The topological polar surface area (TPSA) is 80.9 Å². The summed E-state index contributed by atoms with van der Waals surface area (Å²) in [5.74, 6) is 3.24. The fraction of sp³-hybridized carbons (Fsp3) is 0.500. The molecule has 0 aliphatic rings. The van der Waals surface area contributed by atoms with Crippen molar-refractivity contribution in [1.29, 1.82) is 0 Å². The summed E-state index contributed by atoms with van der Waals surface area (Å²) in [5, 5.41) is 6.94. The average molecular weight is 409 g/mol. The molecule has 28 heavy (non-hydrogen) atoms. The van der Waals surface area contributed by atoms with E-state index in [9.17, 15) is 0 Å². The van der Waals surface area contributed by atoms with E-state index in [0.29, 0.717) is 48.1 Å². The molecule has 2 N–H and O–H groups in total. The largest absolute Gasteiger partial charge is 0.493 e. The number of ether oxygens (including phenoxy) is 2. The minimum atomic E-state index is -0.0723. The van der Waals surface area contributed by atoms with Gasteiger partial charge in [0.05, 0.1) is 31.5 Å². The number of methoxy groups -OCH3 is 1. The number of nitrogens with zero attached hydrogens (tertiary/aromatic N) is 2. The van der Waals surface area contributed by atoms with Crippen molar-refractivity contribution < 1.29 is 13.9 Å². The second-order valence-electron chi connectivity index (χ2n) is 7.19. The van der Waals surface area contributed by atoms with Gasteiger partial charge in [0, 0.05) is 19.0 Å². The first kappa shape index (κ1) is 21.9. The standard InChI is InChI=1S/C20H29ClN4O3/c1-7-27-18-14(21)8-13(9-15(18)26-6)10-24-19(22-5)25-12-17-23-11-16(28-17)20(2,3)4/h8-9,11H,7,10,12H2,1-6H3,(H2,22,24,25). The molecule has 1 aromatic carbocycles. The van der Waals surface area contributed by atoms with Crippen LogP contribution < -0.4 is 20.1 Å². The number of hydrogen-bond donors (Lipinski definition) is 2. The van der Waals surface area contributed by atoms with Gasteiger partial charge < -0.3 is 24.5 Å². The highest BCUT2D eigenvalue weighted by Gasteiger charge is 2.19. The van der Waals surface area contributed by atoms with E-state index >= 15 is 0 Å². The third kappa shape index (κ3) is 5.79. The highest BCUT2D eigenvalue weighted by molar-refractivity contribution is 6.32. The molecule has 1 heterocycles. The second kappa shape index (κ2) is 9.68. The zero-order valence-corrected chi connectivity index (χ0v) is 18.1. The quantitative estimate of drug-likeness (QED) is 0.534. The number of guanidine groups is 1. The molecule has 0 fully saturated rings. The van der Waals surface area contributed by atoms with E-state index in [-0.39, 0.29) is 5.41 Å². The highest BCUT2D eigenvalue weighted by Crippen LogP contribution is 2.36. The SMILES string of the molecule is CCOc1c(Cl)cc(CNC(=NC)NCc2ncc(C(C)(C)C)o2)cc1OC. The van der Waals surface area contributed by atoms with Gasteiger partial charge >= 0.3 is 0 Å². The lowest BCUT2D eigenvalue weighted by Gasteiger charge is -2.15. The number of aromatic nitrogens is 1. The van der Waals surface area contributed by atoms with Gasteiger partial charge in [-0.05, 0) is 24.6 Å². The monoisotopic (exact) mass is 408 g/mol. The van der Waals surface area contributed by atoms with Gasteiger partial charge in [-0.2, -0.15) is 0 Å². The summed E-state index contributed by atoms with van der Waals surface area (Å²) in [5.41, 5.74) is 0.872. The molecule has 0 atom stereocenters. The van der Waals surface area contributed by atoms with Gasteiger partial charge in [-0.15, -0.1) is 0 Å². The van der Waals surface area contributed by atoms with E-state index in [0.717, 1.165) is 11.3 Å². The lowest BCUT2D eigenvalue weighted by atomic mass is 9.94. The maximum atomic E-state index is 6.32. The number of rotatable bonds is 7. The molecule has 7 nitrogen and oxygen atoms in total. The van der Waals surface area contributed by atoms with Crippen molar-refractivity contribution in [3.05, 3.63) is 40.6 Å². The van der Waals surface area contributed by atoms with Gasteiger partial charge in [0.15, 0.2) is 17.5 Å². The Morgan fingerprint density at radius 1 is 1.25 bits per heavy atom. The van der Waals surface area contributed by atoms with Crippen molar-refractivity contribution in [2.75, 3.05) is 20.8 Å². The van der Waals surface area contributed by atoms with Crippen LogP contribution in [-0.4, -0.2) is 31.7 Å². The first-order chi connectivity index (χ1) is 13.3. The van der Waals surface area contributed by atoms with E-state index in [1.54, 1.807) is 20.4 Å². The maximum Gasteiger partial charge on any atom is 0.213 e. The molecular weight excluding hydrogens is 380 g/mol. The molecule has 1 aromatic heterocycles. The molecule has 0 saturated heterocycles. The summed E-state index contributed by atoms with van der Waals surface area (Å²) in [7, 11) is 3.30. The Morgan fingerprint density at radius 3 is 2.54 bits per heavy atom. The van der Waals surface area contributed by atoms with Crippen molar-refractivity contribution in [2.24, 2.45) is 4.99 Å². The Bertz CT molecular complexity index is 812. The predicted molar refractivity (Wildman–Crippen MR) is 111 cm³/mol. The average Bonchev–Trinajstić information content (AvgIpc) is 3.13. The second-order valence-corrected chi connectivity index (χ2v) is 7.60. The summed E-state index contributed by atoms with van der Waals surface area (Å²) in [6.07, 6.45) is 1.77. The van der Waals surface area contributed by atoms with Crippen LogP contribution in [0.1, 0.15) is 44.9 Å². The van der Waals surface area contributed by atoms with Gasteiger partial charge in [-0.1, -0.05) is 32.4 Å². The lowest BCUT2D eigenvalue weighted by molar-refractivity contribution is 0.311. The molecule has 0 amide bonds. The summed E-state index contributed by atoms with van der Waals surface area (Å²) >= 11 is 6.32. The highest BCUT2D eigenvalue weighted by atomic mass is 35.5. The van der Waals surface area contributed by atoms with Crippen molar-refractivity contribution in [2.45, 2.75) is 46.2 Å². The van der Waals surface area contributed by atoms with Crippen molar-refractivity contribution in [3.8, 4) is 11.5 Å². The van der Waals surface area contributed by atoms with Crippen LogP contribution in [0.2, 0.25) is 5.02 Å². The Kier molecular flexibility index (Phi) is 7.57. The number of halogens is 1. The predicted octanol–water partition coefficient (Wildman–Crippen LogP) is 3.90. The minimum Gasteiger partial charge on any atom is -0.493 e. The Morgan fingerprint density at radius 2 is 1.96 bits per heavy atom. The van der Waals surface area contributed by atoms with Crippen LogP contribution in [-0.2, 0) is 18.5 Å². The van der Waals surface area contributed by atoms with Crippen LogP contribution in [0.5, 0.6) is 11.5 Å². The number of aliphatic imine (C=N–C) groups is 1. The molecule has 0 spiro atoms. The third-order valence-corrected chi connectivity index (χ3v) is 4.24. The molecule has 0 radical (unpaired) electrons. The van der Waals surface area contributed by atoms with Crippen LogP contribution in [0.3, 0.4) is 0 Å². The van der Waals surface area contributed by atoms with E-state index in [2.05, 4.69) is 41.4 Å². The van der Waals surface area contributed by atoms with Gasteiger partial charge in [-0.25, -0.2) is 4.98 Å². The molecule has 2 aromatic rings. The lowest BCUT2D eigenvalue weighted by Crippen LogP contribution is -2.36. The number of nitrogens with one attached hydrogen (secondary N) is 2. The Balaban J connectivity index is 1.97. The zero-order valence-electron chi connectivity index (χ0n) is 17.4. The van der Waals surface area contributed by atoms with Crippen LogP contribution in [0.4, 0.5) is 0 Å². The number of benzene rings is 1. The molecule has 0 saturated carbocycles. The van der Waals surface area contributed by atoms with Gasteiger partial charge in [0.25, 0.3) is 0 Å². The normalized spacial score (nSPS) is 12.0. The van der Waals surface area contributed by atoms with Crippen LogP contribution in [0, 0.1) is 0 Å². The van der Waals surface area contributed by atoms with Crippen LogP contribution in [0.15, 0.2) is 27.7 Å². The molecule has 0 unspecified atom stereocenters. The van der Waals surface area contributed by atoms with E-state index in [1.807, 2.05) is 19.1 Å². The molecule has 0 bridgehead atoms. The summed E-state index contributed by atoms with van der Waals surface area (Å²) in [6, 6.07) is 3.74. The number of hydrogen-bond acceptors (Lipinski definition) is 5. The third-order valence-electron chi connectivity index (χ3n) is 3.96. The fourth-order valence-corrected chi connectivity index (χ4v) is 2.75. The summed E-state index contributed by atoms with van der Waals surface area (Å²) in [6.45, 7) is 9.62. The molecule has 154 valence electrons. The van der Waals surface area contributed by atoms with E-state index < -0.39 is 0 Å². The van der Waals surface area contributed by atoms with Crippen LogP contribution in [0.25, 0.3) is 0 Å². The first-order valence-corrected chi connectivity index (χ1v) is 9.55. The molecular formula is C20H29ClN4O3. The number of oxazole rings is 1. The summed E-state index contributed by atoms with van der Waals surface area (Å²) < 4.78 is 16.7. The first-order valence-electron chi connectivity index (χ1n) is 9.17. The Hall–Kier alpha value is -2.41. The fourth-order valence-electron chi connectivity index (χ4n) is 2.46. The Labute approximate surface area is 171 Å². The van der Waals surface area contributed by atoms with E-state index in [4.69, 9.17) is 25.5 Å². The van der Waals surface area contributed by atoms with Gasteiger partial charge in [0.2, 0.25) is 5.89 Å². The summed E-state index contributed by atoms with van der Waals surface area (Å²) in [4.78, 5) is 8.53. The van der Waals surface area contributed by atoms with Crippen molar-refractivity contribution >= 4 is 17.6 Å². The molecule has 2 rings (SSSR count).